The number of hydrogen-bond donors (Lipinski definition) is 0. The van der Waals surface area contributed by atoms with Crippen molar-refractivity contribution in [1.29, 1.82) is 5.26 Å². The van der Waals surface area contributed by atoms with Crippen molar-refractivity contribution < 1.29 is 20.1 Å². The van der Waals surface area contributed by atoms with Gasteiger partial charge in [-0.1, -0.05) is 46.2 Å². The molecule has 0 unspecified atom stereocenters. The molecule has 31 heavy (non-hydrogen) atoms. The number of fused-ring (bicyclic) bond motifs is 6. The third-order valence-electron chi connectivity index (χ3n) is 5.96. The van der Waals surface area contributed by atoms with Gasteiger partial charge in [-0.25, -0.2) is 0 Å². The van der Waals surface area contributed by atoms with Crippen LogP contribution in [-0.4, -0.2) is 9.61 Å². The molecular formula is C27H22IrN3-. The van der Waals surface area contributed by atoms with Crippen LogP contribution in [0.15, 0.2) is 42.5 Å². The number of nitrogens with zero attached hydrogens (tertiary/aromatic N) is 3. The number of hydrogen-bond acceptors (Lipinski definition) is 2. The van der Waals surface area contributed by atoms with E-state index >= 15 is 0 Å². The molecule has 1 radical (unpaired) electrons. The van der Waals surface area contributed by atoms with E-state index in [-0.39, 0.29) is 20.1 Å². The Morgan fingerprint density at radius 3 is 2.19 bits per heavy atom. The predicted octanol–water partition coefficient (Wildman–Crippen LogP) is 6.52. The van der Waals surface area contributed by atoms with Crippen LogP contribution in [0.1, 0.15) is 33.5 Å². The number of benzene rings is 3. The van der Waals surface area contributed by atoms with E-state index in [9.17, 15) is 5.26 Å². The van der Waals surface area contributed by atoms with Gasteiger partial charge < -0.3 is 0 Å². The Morgan fingerprint density at radius 2 is 1.52 bits per heavy atom. The average molecular weight is 581 g/mol. The first-order valence-electron chi connectivity index (χ1n) is 10.1. The fourth-order valence-corrected chi connectivity index (χ4v) is 5.03. The summed E-state index contributed by atoms with van der Waals surface area (Å²) in [5, 5.41) is 17.5. The zero-order chi connectivity index (χ0) is 21.2. The number of pyridine rings is 1. The zero-order valence-electron chi connectivity index (χ0n) is 18.2. The minimum atomic E-state index is 0. The Balaban J connectivity index is 0.00000231. The van der Waals surface area contributed by atoms with Gasteiger partial charge in [-0.2, -0.15) is 28.6 Å². The third-order valence-corrected chi connectivity index (χ3v) is 5.96. The molecule has 0 saturated carbocycles. The third kappa shape index (κ3) is 3.17. The summed E-state index contributed by atoms with van der Waals surface area (Å²) < 4.78 is 1.89. The Labute approximate surface area is 195 Å². The number of aromatic nitrogens is 2. The van der Waals surface area contributed by atoms with Crippen molar-refractivity contribution in [3.8, 4) is 17.2 Å². The van der Waals surface area contributed by atoms with Crippen LogP contribution >= 0.6 is 0 Å². The Bertz CT molecular complexity index is 1530. The topological polar surface area (TPSA) is 41.1 Å². The zero-order valence-corrected chi connectivity index (χ0v) is 20.6. The summed E-state index contributed by atoms with van der Waals surface area (Å²) in [4.78, 5) is 0. The summed E-state index contributed by atoms with van der Waals surface area (Å²) in [6.45, 7) is 10.8. The summed E-state index contributed by atoms with van der Waals surface area (Å²) >= 11 is 0. The van der Waals surface area contributed by atoms with E-state index in [1.165, 1.54) is 44.3 Å². The van der Waals surface area contributed by atoms with Gasteiger partial charge in [0.05, 0.1) is 5.52 Å². The summed E-state index contributed by atoms with van der Waals surface area (Å²) in [7, 11) is 0. The smallest absolute Gasteiger partial charge is 0.163 e. The van der Waals surface area contributed by atoms with Gasteiger partial charge >= 0.3 is 0 Å². The van der Waals surface area contributed by atoms with Crippen LogP contribution in [0.25, 0.3) is 38.3 Å². The van der Waals surface area contributed by atoms with E-state index in [1.54, 1.807) is 0 Å². The second-order valence-electron chi connectivity index (χ2n) is 8.33. The van der Waals surface area contributed by atoms with E-state index in [2.05, 4.69) is 82.2 Å². The minimum Gasteiger partial charge on any atom is -0.256 e. The standard InChI is InChI=1S/C27H22N3.Ir/c1-15-9-17(3)25(18(4)10-15)21-7-6-8-23-27(21)22-12-16(2)11-19(5)26(22)24-13-20(14-28)29-30(23)24;/h6-7,9-13H,1-5H3;/q-1;. The average Bonchev–Trinajstić information content (AvgIpc) is 3.11. The maximum Gasteiger partial charge on any atom is 0.163 e. The summed E-state index contributed by atoms with van der Waals surface area (Å²) in [6.07, 6.45) is 0. The molecule has 0 amide bonds. The molecule has 0 aliphatic rings. The maximum absolute atomic E-state index is 9.49. The van der Waals surface area contributed by atoms with Crippen molar-refractivity contribution in [3.63, 3.8) is 0 Å². The second kappa shape index (κ2) is 7.61. The molecule has 3 aromatic carbocycles. The molecule has 3 nitrogen and oxygen atoms in total. The van der Waals surface area contributed by atoms with Gasteiger partial charge in [0.2, 0.25) is 0 Å². The quantitative estimate of drug-likeness (QED) is 0.167. The van der Waals surface area contributed by atoms with Gasteiger partial charge in [-0.3, -0.25) is 4.52 Å². The molecule has 5 rings (SSSR count). The van der Waals surface area contributed by atoms with Crippen molar-refractivity contribution in [2.45, 2.75) is 34.6 Å². The normalized spacial score (nSPS) is 11.1. The number of nitriles is 1. The largest absolute Gasteiger partial charge is 0.256 e. The molecule has 0 atom stereocenters. The van der Waals surface area contributed by atoms with Gasteiger partial charge in [0.25, 0.3) is 0 Å². The van der Waals surface area contributed by atoms with Crippen molar-refractivity contribution >= 4 is 27.2 Å². The van der Waals surface area contributed by atoms with Crippen molar-refractivity contribution in [2.24, 2.45) is 0 Å². The van der Waals surface area contributed by atoms with Crippen LogP contribution in [0.2, 0.25) is 0 Å². The van der Waals surface area contributed by atoms with Crippen LogP contribution in [0.5, 0.6) is 0 Å². The summed E-state index contributed by atoms with van der Waals surface area (Å²) in [5.41, 5.74) is 10.9. The fourth-order valence-electron chi connectivity index (χ4n) is 5.03. The van der Waals surface area contributed by atoms with Gasteiger partial charge in [-0.05, 0) is 67.8 Å². The Hall–Kier alpha value is -2.99. The summed E-state index contributed by atoms with van der Waals surface area (Å²) in [6, 6.07) is 20.6. The van der Waals surface area contributed by atoms with Gasteiger partial charge in [-0.15, -0.1) is 5.56 Å². The molecule has 0 N–H and O–H groups in total. The Morgan fingerprint density at radius 1 is 0.871 bits per heavy atom. The number of aryl methyl sites for hydroxylation is 5. The van der Waals surface area contributed by atoms with Gasteiger partial charge in [0.1, 0.15) is 6.07 Å². The molecule has 0 spiro atoms. The first-order chi connectivity index (χ1) is 14.4. The first-order valence-corrected chi connectivity index (χ1v) is 10.1. The van der Waals surface area contributed by atoms with Crippen molar-refractivity contribution in [2.75, 3.05) is 0 Å². The molecule has 2 heterocycles. The molecule has 0 aliphatic heterocycles. The van der Waals surface area contributed by atoms with E-state index in [4.69, 9.17) is 0 Å². The number of rotatable bonds is 1. The molecule has 2 aromatic heterocycles. The van der Waals surface area contributed by atoms with E-state index in [1.807, 2.05) is 16.6 Å². The predicted molar refractivity (Wildman–Crippen MR) is 123 cm³/mol. The van der Waals surface area contributed by atoms with Crippen molar-refractivity contribution in [3.05, 3.63) is 82.0 Å². The van der Waals surface area contributed by atoms with Crippen LogP contribution in [0.3, 0.4) is 0 Å². The SMILES string of the molecule is Cc1cc(C)c(-c2cc[c-]c3c2c2cc(C)cc(C)c2c2cc(C#N)nn32)c(C)c1.[Ir]. The molecule has 155 valence electrons. The molecule has 0 bridgehead atoms. The van der Waals surface area contributed by atoms with Crippen LogP contribution in [-0.2, 0) is 20.1 Å². The minimum absolute atomic E-state index is 0. The van der Waals surface area contributed by atoms with Crippen molar-refractivity contribution in [1.82, 2.24) is 9.61 Å². The van der Waals surface area contributed by atoms with Crippen LogP contribution in [0, 0.1) is 52.0 Å². The molecule has 0 saturated heterocycles. The maximum atomic E-state index is 9.49. The molecule has 0 fully saturated rings. The summed E-state index contributed by atoms with van der Waals surface area (Å²) in [5.74, 6) is 0. The molecular weight excluding hydrogens is 559 g/mol. The van der Waals surface area contributed by atoms with Gasteiger partial charge in [0, 0.05) is 26.2 Å². The van der Waals surface area contributed by atoms with E-state index in [0.29, 0.717) is 5.69 Å². The van der Waals surface area contributed by atoms with Gasteiger partial charge in [0.15, 0.2) is 5.69 Å². The van der Waals surface area contributed by atoms with Crippen LogP contribution < -0.4 is 0 Å². The monoisotopic (exact) mass is 581 g/mol. The first kappa shape index (κ1) is 21.2. The fraction of sp³-hybridized carbons (Fsp3) is 0.185. The van der Waals surface area contributed by atoms with E-state index in [0.717, 1.165) is 21.8 Å². The van der Waals surface area contributed by atoms with Crippen LogP contribution in [0.4, 0.5) is 0 Å². The second-order valence-corrected chi connectivity index (χ2v) is 8.33. The Kier molecular flexibility index (Phi) is 5.21. The molecule has 4 heteroatoms. The van der Waals surface area contributed by atoms with E-state index < -0.39 is 0 Å². The molecule has 5 aromatic rings. The molecule has 0 aliphatic carbocycles.